The number of carbonyl (C=O) groups is 1. The van der Waals surface area contributed by atoms with Gasteiger partial charge in [-0.15, -0.1) is 0 Å². The zero-order valence-corrected chi connectivity index (χ0v) is 13.1. The van der Waals surface area contributed by atoms with E-state index in [1.807, 2.05) is 0 Å². The fraction of sp³-hybridized carbons (Fsp3) is 0.688. The van der Waals surface area contributed by atoms with Crippen molar-refractivity contribution in [1.82, 2.24) is 9.55 Å². The van der Waals surface area contributed by atoms with Crippen LogP contribution < -0.4 is 11.2 Å². The molecule has 0 saturated heterocycles. The van der Waals surface area contributed by atoms with Crippen molar-refractivity contribution in [3.05, 3.63) is 32.6 Å². The molecule has 1 aromatic heterocycles. The monoisotopic (exact) mass is 292 g/mol. The lowest BCUT2D eigenvalue weighted by molar-refractivity contribution is 0.101. The predicted octanol–water partition coefficient (Wildman–Crippen LogP) is 2.35. The van der Waals surface area contributed by atoms with Crippen LogP contribution in [-0.2, 0) is 6.54 Å². The highest BCUT2D eigenvalue weighted by Gasteiger charge is 2.35. The van der Waals surface area contributed by atoms with Gasteiger partial charge in [-0.05, 0) is 37.5 Å². The van der Waals surface area contributed by atoms with Gasteiger partial charge in [0, 0.05) is 12.7 Å². The van der Waals surface area contributed by atoms with Gasteiger partial charge in [0.15, 0.2) is 5.78 Å². The van der Waals surface area contributed by atoms with E-state index in [1.165, 1.54) is 17.7 Å². The quantitative estimate of drug-likeness (QED) is 0.847. The number of aromatic nitrogens is 2. The molecule has 5 nitrogen and oxygen atoms in total. The summed E-state index contributed by atoms with van der Waals surface area (Å²) in [6.07, 6.45) is 6.61. The van der Waals surface area contributed by atoms with Crippen molar-refractivity contribution in [2.75, 3.05) is 0 Å². The Hall–Kier alpha value is -1.65. The smallest absolute Gasteiger partial charge is 0.313 e. The van der Waals surface area contributed by atoms with Crippen LogP contribution >= 0.6 is 0 Å². The first-order valence-corrected chi connectivity index (χ1v) is 7.68. The van der Waals surface area contributed by atoms with Gasteiger partial charge >= 0.3 is 5.69 Å². The van der Waals surface area contributed by atoms with E-state index < -0.39 is 11.2 Å². The summed E-state index contributed by atoms with van der Waals surface area (Å²) >= 11 is 0. The molecule has 116 valence electrons. The lowest BCUT2D eigenvalue weighted by atomic mass is 9.78. The maximum Gasteiger partial charge on any atom is 0.328 e. The molecule has 0 spiro atoms. The minimum Gasteiger partial charge on any atom is -0.313 e. The fourth-order valence-corrected chi connectivity index (χ4v) is 3.66. The van der Waals surface area contributed by atoms with E-state index in [2.05, 4.69) is 18.8 Å². The van der Waals surface area contributed by atoms with Gasteiger partial charge in [-0.25, -0.2) is 4.79 Å². The number of carbonyl (C=O) groups excluding carboxylic acids is 1. The van der Waals surface area contributed by atoms with Crippen molar-refractivity contribution in [1.29, 1.82) is 0 Å². The summed E-state index contributed by atoms with van der Waals surface area (Å²) in [4.78, 5) is 38.4. The van der Waals surface area contributed by atoms with Crippen molar-refractivity contribution >= 4 is 5.78 Å². The van der Waals surface area contributed by atoms with E-state index in [0.29, 0.717) is 12.5 Å². The van der Waals surface area contributed by atoms with Gasteiger partial charge in [-0.1, -0.05) is 26.7 Å². The number of hydrogen-bond donors (Lipinski definition) is 1. The molecule has 21 heavy (non-hydrogen) atoms. The Morgan fingerprint density at radius 2 is 1.95 bits per heavy atom. The Labute approximate surface area is 124 Å². The van der Waals surface area contributed by atoms with Crippen molar-refractivity contribution in [3.63, 3.8) is 0 Å². The van der Waals surface area contributed by atoms with E-state index in [9.17, 15) is 14.4 Å². The summed E-state index contributed by atoms with van der Waals surface area (Å²) in [5.74, 6) is 0.211. The van der Waals surface area contributed by atoms with Gasteiger partial charge in [0.1, 0.15) is 0 Å². The summed E-state index contributed by atoms with van der Waals surface area (Å²) in [6.45, 7) is 6.09. The predicted molar refractivity (Wildman–Crippen MR) is 81.7 cm³/mol. The van der Waals surface area contributed by atoms with E-state index in [0.717, 1.165) is 32.1 Å². The van der Waals surface area contributed by atoms with Gasteiger partial charge in [-0.2, -0.15) is 0 Å². The third-order valence-electron chi connectivity index (χ3n) is 4.44. The summed E-state index contributed by atoms with van der Waals surface area (Å²) in [6, 6.07) is 0. The Morgan fingerprint density at radius 1 is 1.33 bits per heavy atom. The van der Waals surface area contributed by atoms with E-state index in [-0.39, 0.29) is 16.8 Å². The van der Waals surface area contributed by atoms with Gasteiger partial charge in [0.25, 0.3) is 5.56 Å². The van der Waals surface area contributed by atoms with E-state index in [4.69, 9.17) is 0 Å². The number of Topliss-reactive ketones (excluding diaryl/α,β-unsaturated/α-hetero) is 1. The molecule has 1 fully saturated rings. The lowest BCUT2D eigenvalue weighted by Gasteiger charge is -2.31. The SMILES string of the molecule is CC(=O)c1c[nH]c(=O)n(CC2(CC(C)C)CCCC2)c1=O. The third kappa shape index (κ3) is 3.34. The van der Waals surface area contributed by atoms with Crippen LogP contribution in [0.4, 0.5) is 0 Å². The Bertz CT molecular complexity index is 634. The first kappa shape index (κ1) is 15.7. The molecular weight excluding hydrogens is 268 g/mol. The highest BCUT2D eigenvalue weighted by atomic mass is 16.2. The molecule has 0 atom stereocenters. The molecule has 0 aromatic carbocycles. The molecule has 1 saturated carbocycles. The Balaban J connectivity index is 2.42. The van der Waals surface area contributed by atoms with Crippen LogP contribution in [0.3, 0.4) is 0 Å². The molecule has 1 aromatic rings. The third-order valence-corrected chi connectivity index (χ3v) is 4.44. The number of nitrogens with zero attached hydrogens (tertiary/aromatic N) is 1. The highest BCUT2D eigenvalue weighted by Crippen LogP contribution is 2.44. The fourth-order valence-electron chi connectivity index (χ4n) is 3.66. The second-order valence-electron chi connectivity index (χ2n) is 6.76. The topological polar surface area (TPSA) is 71.9 Å². The normalized spacial score (nSPS) is 17.3. The molecule has 0 bridgehead atoms. The van der Waals surface area contributed by atoms with Gasteiger partial charge < -0.3 is 4.98 Å². The molecule has 0 amide bonds. The molecule has 1 N–H and O–H groups in total. The highest BCUT2D eigenvalue weighted by molar-refractivity contribution is 5.93. The maximum absolute atomic E-state index is 12.4. The first-order chi connectivity index (χ1) is 9.84. The van der Waals surface area contributed by atoms with Crippen LogP contribution in [-0.4, -0.2) is 15.3 Å². The number of aromatic amines is 1. The summed E-state index contributed by atoms with van der Waals surface area (Å²) in [5.41, 5.74) is -0.797. The van der Waals surface area contributed by atoms with Crippen LogP contribution in [0.2, 0.25) is 0 Å². The lowest BCUT2D eigenvalue weighted by Crippen LogP contribution is -2.42. The largest absolute Gasteiger partial charge is 0.328 e. The Morgan fingerprint density at radius 3 is 2.48 bits per heavy atom. The second-order valence-corrected chi connectivity index (χ2v) is 6.76. The molecule has 1 aliphatic carbocycles. The van der Waals surface area contributed by atoms with Gasteiger partial charge in [0.2, 0.25) is 0 Å². The summed E-state index contributed by atoms with van der Waals surface area (Å²) in [7, 11) is 0. The molecule has 0 aliphatic heterocycles. The summed E-state index contributed by atoms with van der Waals surface area (Å²) in [5, 5.41) is 0. The number of rotatable bonds is 5. The zero-order valence-electron chi connectivity index (χ0n) is 13.1. The molecular formula is C16H24N2O3. The molecule has 0 unspecified atom stereocenters. The Kier molecular flexibility index (Phi) is 4.49. The number of ketones is 1. The van der Waals surface area contributed by atoms with Crippen LogP contribution in [0.1, 0.15) is 63.2 Å². The average Bonchev–Trinajstić information content (AvgIpc) is 2.81. The standard InChI is InChI=1S/C16H24N2O3/c1-11(2)8-16(6-4-5-7-16)10-18-14(20)13(12(3)19)9-17-15(18)21/h9,11H,4-8,10H2,1-3H3,(H,17,21). The maximum atomic E-state index is 12.4. The van der Waals surface area contributed by atoms with E-state index >= 15 is 0 Å². The van der Waals surface area contributed by atoms with Crippen molar-refractivity contribution < 1.29 is 4.79 Å². The molecule has 1 heterocycles. The zero-order chi connectivity index (χ0) is 15.6. The second kappa shape index (κ2) is 6.00. The van der Waals surface area contributed by atoms with Crippen molar-refractivity contribution in [2.24, 2.45) is 11.3 Å². The van der Waals surface area contributed by atoms with Gasteiger partial charge in [-0.3, -0.25) is 14.2 Å². The van der Waals surface area contributed by atoms with Crippen molar-refractivity contribution in [2.45, 2.75) is 59.4 Å². The minimum atomic E-state index is -0.457. The van der Waals surface area contributed by atoms with E-state index in [1.54, 1.807) is 0 Å². The van der Waals surface area contributed by atoms with Crippen LogP contribution in [0.25, 0.3) is 0 Å². The van der Waals surface area contributed by atoms with Crippen LogP contribution in [0, 0.1) is 11.3 Å². The first-order valence-electron chi connectivity index (χ1n) is 7.68. The summed E-state index contributed by atoms with van der Waals surface area (Å²) < 4.78 is 1.23. The number of H-pyrrole nitrogens is 1. The molecule has 5 heteroatoms. The van der Waals surface area contributed by atoms with Gasteiger partial charge in [0.05, 0.1) is 5.56 Å². The average molecular weight is 292 g/mol. The molecule has 1 aliphatic rings. The molecule has 0 radical (unpaired) electrons. The molecule has 2 rings (SSSR count). The van der Waals surface area contributed by atoms with Crippen LogP contribution in [0.5, 0.6) is 0 Å². The number of nitrogens with one attached hydrogen (secondary N) is 1. The van der Waals surface area contributed by atoms with Crippen LogP contribution in [0.15, 0.2) is 15.8 Å². The minimum absolute atomic E-state index is 0.0143. The van der Waals surface area contributed by atoms with Crippen molar-refractivity contribution in [3.8, 4) is 0 Å². The number of hydrogen-bond acceptors (Lipinski definition) is 3.